The third-order valence-electron chi connectivity index (χ3n) is 0.797. The quantitative estimate of drug-likeness (QED) is 0.302. The second-order valence-electron chi connectivity index (χ2n) is 1.54. The zero-order chi connectivity index (χ0) is 6.57. The summed E-state index contributed by atoms with van der Waals surface area (Å²) in [6.07, 6.45) is 0.556. The predicted octanol–water partition coefficient (Wildman–Crippen LogP) is 0.241. The molecule has 0 aromatic carbocycles. The van der Waals surface area contributed by atoms with Gasteiger partial charge in [0.2, 0.25) is 6.04 Å². The van der Waals surface area contributed by atoms with E-state index in [4.69, 9.17) is 0 Å². The van der Waals surface area contributed by atoms with Crippen LogP contribution >= 0.6 is 0 Å². The third kappa shape index (κ3) is 2.28. The van der Waals surface area contributed by atoms with Gasteiger partial charge in [-0.2, -0.15) is 0 Å². The summed E-state index contributed by atoms with van der Waals surface area (Å²) in [6.45, 7) is 1.40. The Kier molecular flexibility index (Phi) is 2.76. The van der Waals surface area contributed by atoms with Gasteiger partial charge in [-0.15, -0.1) is 0 Å². The highest BCUT2D eigenvalue weighted by atomic mass is 16.6. The molecule has 0 aromatic heterocycles. The van der Waals surface area contributed by atoms with Crippen LogP contribution in [0, 0.1) is 10.1 Å². The average molecular weight is 117 g/mol. The Hall–Kier alpha value is -0.930. The van der Waals surface area contributed by atoms with E-state index in [2.05, 4.69) is 0 Å². The minimum Gasteiger partial charge on any atom is -0.303 e. The van der Waals surface area contributed by atoms with Crippen LogP contribution in [0.1, 0.15) is 13.3 Å². The van der Waals surface area contributed by atoms with Gasteiger partial charge in [0.15, 0.2) is 0 Å². The maximum atomic E-state index is 9.74. The topological polar surface area (TPSA) is 60.2 Å². The molecule has 0 aliphatic rings. The highest BCUT2D eigenvalue weighted by Crippen LogP contribution is 1.89. The van der Waals surface area contributed by atoms with E-state index in [0.29, 0.717) is 6.29 Å². The molecule has 0 heterocycles. The molecule has 0 unspecified atom stereocenters. The molecule has 1 atom stereocenters. The van der Waals surface area contributed by atoms with Gasteiger partial charge in [0.1, 0.15) is 6.29 Å². The first-order valence-corrected chi connectivity index (χ1v) is 2.25. The lowest BCUT2D eigenvalue weighted by molar-refractivity contribution is -0.516. The number of rotatable bonds is 3. The van der Waals surface area contributed by atoms with Gasteiger partial charge in [-0.05, 0) is 0 Å². The van der Waals surface area contributed by atoms with Crippen molar-refractivity contribution in [3.63, 3.8) is 0 Å². The van der Waals surface area contributed by atoms with Crippen molar-refractivity contribution in [3.05, 3.63) is 10.1 Å². The maximum Gasteiger partial charge on any atom is 0.217 e. The van der Waals surface area contributed by atoms with Crippen molar-refractivity contribution in [2.75, 3.05) is 0 Å². The standard InChI is InChI=1S/C4H7NO3/c1-4(2-3-6)5(7)8/h3-4H,2H2,1H3/t4-/m1/s1. The number of carbonyl (C=O) groups excluding carboxylic acids is 1. The summed E-state index contributed by atoms with van der Waals surface area (Å²) < 4.78 is 0. The van der Waals surface area contributed by atoms with Crippen molar-refractivity contribution in [1.82, 2.24) is 0 Å². The molecular weight excluding hydrogens is 110 g/mol. The lowest BCUT2D eigenvalue weighted by Crippen LogP contribution is -2.14. The molecule has 0 radical (unpaired) electrons. The first kappa shape index (κ1) is 7.07. The average Bonchev–Trinajstić information content (AvgIpc) is 1.67. The molecule has 0 rings (SSSR count). The summed E-state index contributed by atoms with van der Waals surface area (Å²) in [5, 5.41) is 9.74. The van der Waals surface area contributed by atoms with E-state index in [1.807, 2.05) is 0 Å². The predicted molar refractivity (Wildman–Crippen MR) is 27.1 cm³/mol. The summed E-state index contributed by atoms with van der Waals surface area (Å²) >= 11 is 0. The van der Waals surface area contributed by atoms with E-state index in [1.165, 1.54) is 6.92 Å². The van der Waals surface area contributed by atoms with Crippen LogP contribution in [0.25, 0.3) is 0 Å². The van der Waals surface area contributed by atoms with Gasteiger partial charge < -0.3 is 4.79 Å². The first-order valence-electron chi connectivity index (χ1n) is 2.25. The normalized spacial score (nSPS) is 12.6. The van der Waals surface area contributed by atoms with E-state index in [0.717, 1.165) is 0 Å². The fourth-order valence-corrected chi connectivity index (χ4v) is 0.225. The molecule has 8 heavy (non-hydrogen) atoms. The van der Waals surface area contributed by atoms with E-state index < -0.39 is 11.0 Å². The number of hydrogen-bond donors (Lipinski definition) is 0. The van der Waals surface area contributed by atoms with Crippen molar-refractivity contribution < 1.29 is 9.72 Å². The third-order valence-corrected chi connectivity index (χ3v) is 0.797. The molecule has 0 saturated heterocycles. The maximum absolute atomic E-state index is 9.74. The molecule has 0 fully saturated rings. The summed E-state index contributed by atoms with van der Waals surface area (Å²) in [5.41, 5.74) is 0. The molecule has 0 amide bonds. The number of hydrogen-bond acceptors (Lipinski definition) is 3. The zero-order valence-electron chi connectivity index (χ0n) is 4.53. The van der Waals surface area contributed by atoms with Gasteiger partial charge >= 0.3 is 0 Å². The van der Waals surface area contributed by atoms with Crippen molar-refractivity contribution >= 4 is 6.29 Å². The van der Waals surface area contributed by atoms with Crippen LogP contribution in [-0.2, 0) is 4.79 Å². The number of carbonyl (C=O) groups is 1. The van der Waals surface area contributed by atoms with Gasteiger partial charge in [0, 0.05) is 11.8 Å². The lowest BCUT2D eigenvalue weighted by atomic mass is 10.3. The van der Waals surface area contributed by atoms with Crippen molar-refractivity contribution in [2.45, 2.75) is 19.4 Å². The zero-order valence-corrected chi connectivity index (χ0v) is 4.53. The Balaban J connectivity index is 3.46. The van der Waals surface area contributed by atoms with E-state index in [9.17, 15) is 14.9 Å². The fraction of sp³-hybridized carbons (Fsp3) is 0.750. The van der Waals surface area contributed by atoms with Crippen LogP contribution in [0.4, 0.5) is 0 Å². The van der Waals surface area contributed by atoms with Crippen LogP contribution in [-0.4, -0.2) is 17.3 Å². The number of nitro groups is 1. The minimum atomic E-state index is -0.729. The molecule has 4 nitrogen and oxygen atoms in total. The minimum absolute atomic E-state index is 0.00694. The Labute approximate surface area is 46.6 Å². The van der Waals surface area contributed by atoms with E-state index >= 15 is 0 Å². The molecular formula is C4H7NO3. The van der Waals surface area contributed by atoms with Crippen LogP contribution in [0.3, 0.4) is 0 Å². The molecule has 0 saturated carbocycles. The van der Waals surface area contributed by atoms with E-state index in [-0.39, 0.29) is 6.42 Å². The molecule has 46 valence electrons. The SMILES string of the molecule is C[C@H](CC=O)[N+](=O)[O-]. The fourth-order valence-electron chi connectivity index (χ4n) is 0.225. The monoisotopic (exact) mass is 117 g/mol. The summed E-state index contributed by atoms with van der Waals surface area (Å²) in [5.74, 6) is 0. The summed E-state index contributed by atoms with van der Waals surface area (Å²) in [7, 11) is 0. The van der Waals surface area contributed by atoms with Gasteiger partial charge in [-0.3, -0.25) is 10.1 Å². The second-order valence-corrected chi connectivity index (χ2v) is 1.54. The molecule has 0 spiro atoms. The van der Waals surface area contributed by atoms with Gasteiger partial charge in [0.05, 0.1) is 6.42 Å². The van der Waals surface area contributed by atoms with Gasteiger partial charge in [0.25, 0.3) is 0 Å². The van der Waals surface area contributed by atoms with Gasteiger partial charge in [-0.25, -0.2) is 0 Å². The van der Waals surface area contributed by atoms with Crippen molar-refractivity contribution in [2.24, 2.45) is 0 Å². The largest absolute Gasteiger partial charge is 0.303 e. The Morgan fingerprint density at radius 2 is 2.38 bits per heavy atom. The Morgan fingerprint density at radius 1 is 1.88 bits per heavy atom. The Bertz CT molecular complexity index is 101. The first-order chi connectivity index (χ1) is 3.68. The summed E-state index contributed by atoms with van der Waals surface area (Å²) in [6, 6.07) is -0.729. The van der Waals surface area contributed by atoms with Crippen LogP contribution in [0.5, 0.6) is 0 Å². The molecule has 0 aliphatic carbocycles. The van der Waals surface area contributed by atoms with Crippen molar-refractivity contribution in [3.8, 4) is 0 Å². The van der Waals surface area contributed by atoms with Crippen molar-refractivity contribution in [1.29, 1.82) is 0 Å². The molecule has 0 bridgehead atoms. The smallest absolute Gasteiger partial charge is 0.217 e. The van der Waals surface area contributed by atoms with Crippen LogP contribution < -0.4 is 0 Å². The Morgan fingerprint density at radius 3 is 2.50 bits per heavy atom. The second kappa shape index (κ2) is 3.12. The van der Waals surface area contributed by atoms with E-state index in [1.54, 1.807) is 0 Å². The lowest BCUT2D eigenvalue weighted by Gasteiger charge is -1.94. The molecule has 4 heteroatoms. The summed E-state index contributed by atoms with van der Waals surface area (Å²) in [4.78, 5) is 18.9. The number of aldehydes is 1. The molecule has 0 N–H and O–H groups in total. The molecule has 0 aromatic rings. The van der Waals surface area contributed by atoms with Gasteiger partial charge in [-0.1, -0.05) is 0 Å². The number of nitrogens with zero attached hydrogens (tertiary/aromatic N) is 1. The van der Waals surface area contributed by atoms with Crippen LogP contribution in [0.15, 0.2) is 0 Å². The highest BCUT2D eigenvalue weighted by Gasteiger charge is 2.09. The highest BCUT2D eigenvalue weighted by molar-refractivity contribution is 5.49. The molecule has 0 aliphatic heterocycles. The van der Waals surface area contributed by atoms with Crippen LogP contribution in [0.2, 0.25) is 0 Å².